The van der Waals surface area contributed by atoms with Gasteiger partial charge in [-0.05, 0) is 49.7 Å². The Kier molecular flexibility index (Phi) is 3.42. The van der Waals surface area contributed by atoms with Crippen LogP contribution >= 0.6 is 11.6 Å². The first-order chi connectivity index (χ1) is 10.3. The van der Waals surface area contributed by atoms with Crippen molar-refractivity contribution in [3.8, 4) is 0 Å². The van der Waals surface area contributed by atoms with Crippen molar-refractivity contribution < 1.29 is 0 Å². The Labute approximate surface area is 130 Å². The van der Waals surface area contributed by atoms with Crippen molar-refractivity contribution >= 4 is 11.6 Å². The zero-order valence-electron chi connectivity index (χ0n) is 12.1. The molecule has 0 radical (unpaired) electrons. The molecule has 0 aliphatic heterocycles. The van der Waals surface area contributed by atoms with E-state index in [1.54, 1.807) is 0 Å². The predicted octanol–water partition coefficient (Wildman–Crippen LogP) is 4.28. The smallest absolute Gasteiger partial charge is 0.136 e. The maximum atomic E-state index is 6.46. The summed E-state index contributed by atoms with van der Waals surface area (Å²) in [7, 11) is 0. The molecule has 0 unspecified atom stereocenters. The monoisotopic (exact) mass is 298 g/mol. The summed E-state index contributed by atoms with van der Waals surface area (Å²) in [4.78, 5) is 9.55. The molecule has 1 heterocycles. The van der Waals surface area contributed by atoms with Crippen molar-refractivity contribution in [3.63, 3.8) is 0 Å². The van der Waals surface area contributed by atoms with Gasteiger partial charge in [0.25, 0.3) is 0 Å². The van der Waals surface area contributed by atoms with E-state index in [0.717, 1.165) is 31.5 Å². The van der Waals surface area contributed by atoms with E-state index >= 15 is 0 Å². The molecule has 21 heavy (non-hydrogen) atoms. The van der Waals surface area contributed by atoms with Gasteiger partial charge in [-0.15, -0.1) is 0 Å². The zero-order valence-corrected chi connectivity index (χ0v) is 12.9. The molecule has 0 bridgehead atoms. The number of halogens is 1. The van der Waals surface area contributed by atoms with Gasteiger partial charge in [0.2, 0.25) is 0 Å². The fourth-order valence-corrected chi connectivity index (χ4v) is 3.96. The minimum absolute atomic E-state index is 0.397. The summed E-state index contributed by atoms with van der Waals surface area (Å²) < 4.78 is 0. The molecule has 0 N–H and O–H groups in total. The van der Waals surface area contributed by atoms with Crippen molar-refractivity contribution in [1.82, 2.24) is 9.97 Å². The third-order valence-corrected chi connectivity index (χ3v) is 5.13. The molecule has 0 amide bonds. The first-order valence-corrected chi connectivity index (χ1v) is 8.31. The molecule has 108 valence electrons. The first-order valence-electron chi connectivity index (χ1n) is 7.93. The fourth-order valence-electron chi connectivity index (χ4n) is 3.67. The van der Waals surface area contributed by atoms with Gasteiger partial charge in [0.15, 0.2) is 0 Å². The van der Waals surface area contributed by atoms with Gasteiger partial charge >= 0.3 is 0 Å². The van der Waals surface area contributed by atoms with Crippen LogP contribution < -0.4 is 0 Å². The van der Waals surface area contributed by atoms with E-state index in [4.69, 9.17) is 16.6 Å². The Morgan fingerprint density at radius 2 is 1.62 bits per heavy atom. The summed E-state index contributed by atoms with van der Waals surface area (Å²) in [5.74, 6) is 1.35. The molecule has 2 aromatic rings. The topological polar surface area (TPSA) is 25.8 Å². The Morgan fingerprint density at radius 1 is 0.905 bits per heavy atom. The summed E-state index contributed by atoms with van der Waals surface area (Å²) in [5, 5.41) is 0.702. The van der Waals surface area contributed by atoms with Gasteiger partial charge in [-0.25, -0.2) is 9.97 Å². The van der Waals surface area contributed by atoms with Gasteiger partial charge < -0.3 is 0 Å². The molecule has 4 rings (SSSR count). The molecular weight excluding hydrogens is 280 g/mol. The van der Waals surface area contributed by atoms with Crippen LogP contribution in [0.5, 0.6) is 0 Å². The Hall–Kier alpha value is -1.41. The number of rotatable bonds is 1. The average molecular weight is 299 g/mol. The number of aryl methyl sites for hydroxylation is 1. The van der Waals surface area contributed by atoms with Gasteiger partial charge in [-0.2, -0.15) is 0 Å². The number of nitrogens with zero attached hydrogens (tertiary/aromatic N) is 2. The molecule has 1 aromatic heterocycles. The summed E-state index contributed by atoms with van der Waals surface area (Å²) >= 11 is 6.46. The minimum Gasteiger partial charge on any atom is -0.237 e. The molecule has 0 saturated heterocycles. The lowest BCUT2D eigenvalue weighted by Crippen LogP contribution is -2.09. The van der Waals surface area contributed by atoms with E-state index in [2.05, 4.69) is 29.2 Å². The Balaban J connectivity index is 1.68. The second-order valence-electron chi connectivity index (χ2n) is 6.23. The molecule has 0 saturated carbocycles. The molecule has 3 heteroatoms. The Morgan fingerprint density at radius 3 is 2.38 bits per heavy atom. The highest BCUT2D eigenvalue weighted by Crippen LogP contribution is 2.34. The highest BCUT2D eigenvalue weighted by Gasteiger charge is 2.26. The summed E-state index contributed by atoms with van der Waals surface area (Å²) in [6, 6.07) is 8.68. The van der Waals surface area contributed by atoms with Crippen molar-refractivity contribution in [2.24, 2.45) is 0 Å². The van der Waals surface area contributed by atoms with Crippen LogP contribution in [0.2, 0.25) is 5.15 Å². The van der Waals surface area contributed by atoms with Gasteiger partial charge in [0.1, 0.15) is 11.0 Å². The van der Waals surface area contributed by atoms with E-state index in [9.17, 15) is 0 Å². The third kappa shape index (κ3) is 2.46. The predicted molar refractivity (Wildman–Crippen MR) is 84.9 cm³/mol. The highest BCUT2D eigenvalue weighted by atomic mass is 35.5. The number of hydrogen-bond donors (Lipinski definition) is 0. The molecular formula is C18H19ClN2. The van der Waals surface area contributed by atoms with Crippen LogP contribution in [0.3, 0.4) is 0 Å². The van der Waals surface area contributed by atoms with Crippen LogP contribution in [-0.4, -0.2) is 9.97 Å². The van der Waals surface area contributed by atoms with Crippen LogP contribution in [0.25, 0.3) is 0 Å². The van der Waals surface area contributed by atoms with Crippen LogP contribution in [-0.2, 0) is 25.7 Å². The highest BCUT2D eigenvalue weighted by molar-refractivity contribution is 6.30. The van der Waals surface area contributed by atoms with Crippen molar-refractivity contribution in [2.45, 2.75) is 50.9 Å². The summed E-state index contributed by atoms with van der Waals surface area (Å²) in [5.41, 5.74) is 5.29. The lowest BCUT2D eigenvalue weighted by Gasteiger charge is -2.13. The molecule has 1 aromatic carbocycles. The van der Waals surface area contributed by atoms with Crippen molar-refractivity contribution in [1.29, 1.82) is 0 Å². The second-order valence-corrected chi connectivity index (χ2v) is 6.59. The third-order valence-electron chi connectivity index (χ3n) is 4.82. The lowest BCUT2D eigenvalue weighted by atomic mass is 10.0. The summed E-state index contributed by atoms with van der Waals surface area (Å²) in [6.45, 7) is 0. The van der Waals surface area contributed by atoms with Gasteiger partial charge in [-0.1, -0.05) is 42.3 Å². The van der Waals surface area contributed by atoms with Crippen molar-refractivity contribution in [3.05, 3.63) is 57.6 Å². The summed E-state index contributed by atoms with van der Waals surface area (Å²) in [6.07, 6.45) is 7.91. The van der Waals surface area contributed by atoms with Crippen LogP contribution in [0.4, 0.5) is 0 Å². The van der Waals surface area contributed by atoms with E-state index in [-0.39, 0.29) is 0 Å². The quantitative estimate of drug-likeness (QED) is 0.580. The number of fused-ring (bicyclic) bond motifs is 2. The zero-order chi connectivity index (χ0) is 14.2. The average Bonchev–Trinajstić information content (AvgIpc) is 2.78. The normalized spacial score (nSPS) is 18.1. The van der Waals surface area contributed by atoms with Crippen LogP contribution in [0.1, 0.15) is 53.4 Å². The first kappa shape index (κ1) is 13.3. The molecule has 0 atom stereocenters. The maximum absolute atomic E-state index is 6.46. The number of benzene rings is 1. The Bertz CT molecular complexity index is 656. The number of aromatic nitrogens is 2. The molecule has 2 aliphatic carbocycles. The molecule has 0 spiro atoms. The van der Waals surface area contributed by atoms with Crippen LogP contribution in [0, 0.1) is 0 Å². The largest absolute Gasteiger partial charge is 0.237 e. The maximum Gasteiger partial charge on any atom is 0.136 e. The van der Waals surface area contributed by atoms with Crippen LogP contribution in [0.15, 0.2) is 24.3 Å². The standard InChI is InChI=1S/C18H19ClN2/c19-17-15-8-2-1-3-9-16(15)20-18(21-17)14-10-12-6-4-5-7-13(12)11-14/h4-7,14H,1-3,8-11H2. The molecule has 0 fully saturated rings. The van der Waals surface area contributed by atoms with E-state index in [1.807, 2.05) is 0 Å². The molecule has 2 nitrogen and oxygen atoms in total. The minimum atomic E-state index is 0.397. The van der Waals surface area contributed by atoms with E-state index in [0.29, 0.717) is 11.1 Å². The molecule has 2 aliphatic rings. The van der Waals surface area contributed by atoms with Gasteiger partial charge in [0, 0.05) is 17.2 Å². The fraction of sp³-hybridized carbons (Fsp3) is 0.444. The SMILES string of the molecule is Clc1nc(C2Cc3ccccc3C2)nc2c1CCCCC2. The number of hydrogen-bond acceptors (Lipinski definition) is 2. The van der Waals surface area contributed by atoms with Gasteiger partial charge in [0.05, 0.1) is 0 Å². The van der Waals surface area contributed by atoms with Gasteiger partial charge in [-0.3, -0.25) is 0 Å². The second kappa shape index (κ2) is 5.42. The van der Waals surface area contributed by atoms with E-state index < -0.39 is 0 Å². The lowest BCUT2D eigenvalue weighted by molar-refractivity contribution is 0.667. The van der Waals surface area contributed by atoms with E-state index in [1.165, 1.54) is 41.6 Å². The van der Waals surface area contributed by atoms with Crippen molar-refractivity contribution in [2.75, 3.05) is 0 Å².